The number of aromatic nitrogens is 3. The van der Waals surface area contributed by atoms with Crippen molar-refractivity contribution >= 4 is 31.5 Å². The molecule has 2 heterocycles. The van der Waals surface area contributed by atoms with E-state index < -0.39 is 0 Å². The summed E-state index contributed by atoms with van der Waals surface area (Å²) in [5.74, 6) is 1.92. The largest absolute Gasteiger partial charge is 0.208 e. The maximum Gasteiger partial charge on any atom is 0.164 e. The van der Waals surface area contributed by atoms with Gasteiger partial charge in [0.15, 0.2) is 17.5 Å². The van der Waals surface area contributed by atoms with Crippen LogP contribution in [0.3, 0.4) is 0 Å². The molecular weight excluding hydrogens is 615 g/mol. The van der Waals surface area contributed by atoms with Crippen molar-refractivity contribution in [2.75, 3.05) is 0 Å². The summed E-state index contributed by atoms with van der Waals surface area (Å²) in [7, 11) is 0. The van der Waals surface area contributed by atoms with Gasteiger partial charge >= 0.3 is 0 Å². The molecule has 0 fully saturated rings. The zero-order valence-electron chi connectivity index (χ0n) is 26.5. The van der Waals surface area contributed by atoms with Gasteiger partial charge in [0.25, 0.3) is 0 Å². The van der Waals surface area contributed by atoms with Gasteiger partial charge in [-0.25, -0.2) is 15.0 Å². The lowest BCUT2D eigenvalue weighted by atomic mass is 9.95. The maximum atomic E-state index is 5.25. The van der Waals surface area contributed by atoms with Gasteiger partial charge in [-0.15, -0.1) is 11.3 Å². The van der Waals surface area contributed by atoms with E-state index in [1.807, 2.05) is 41.7 Å². The predicted octanol–water partition coefficient (Wildman–Crippen LogP) is 12.2. The molecule has 230 valence electrons. The van der Waals surface area contributed by atoms with E-state index in [1.54, 1.807) is 0 Å². The van der Waals surface area contributed by atoms with E-state index in [0.29, 0.717) is 17.5 Å². The Labute approximate surface area is 288 Å². The van der Waals surface area contributed by atoms with Gasteiger partial charge in [0.2, 0.25) is 0 Å². The number of benzene rings is 7. The van der Waals surface area contributed by atoms with Gasteiger partial charge in [-0.1, -0.05) is 140 Å². The minimum Gasteiger partial charge on any atom is -0.208 e. The molecule has 0 aliphatic rings. The number of thiophene rings is 1. The van der Waals surface area contributed by atoms with E-state index in [4.69, 9.17) is 15.0 Å². The van der Waals surface area contributed by atoms with E-state index in [1.165, 1.54) is 31.3 Å². The summed E-state index contributed by atoms with van der Waals surface area (Å²) in [5, 5.41) is 2.52. The van der Waals surface area contributed by atoms with E-state index in [0.717, 1.165) is 38.9 Å². The molecule has 0 N–H and O–H groups in total. The lowest BCUT2D eigenvalue weighted by molar-refractivity contribution is 1.07. The van der Waals surface area contributed by atoms with Crippen LogP contribution in [0.4, 0.5) is 0 Å². The number of hydrogen-bond donors (Lipinski definition) is 0. The molecule has 0 aliphatic heterocycles. The number of nitrogens with zero attached hydrogens (tertiary/aromatic N) is 3. The van der Waals surface area contributed by atoms with Crippen LogP contribution < -0.4 is 0 Å². The zero-order valence-corrected chi connectivity index (χ0v) is 27.3. The first-order chi connectivity index (χ1) is 24.3. The molecule has 3 nitrogen and oxygen atoms in total. The van der Waals surface area contributed by atoms with Crippen LogP contribution in [0, 0.1) is 0 Å². The first kappa shape index (κ1) is 29.0. The van der Waals surface area contributed by atoms with Gasteiger partial charge in [-0.05, 0) is 69.8 Å². The summed E-state index contributed by atoms with van der Waals surface area (Å²) in [6, 6.07) is 61.6. The average Bonchev–Trinajstić information content (AvgIpc) is 3.57. The first-order valence-corrected chi connectivity index (χ1v) is 17.2. The highest BCUT2D eigenvalue weighted by Crippen LogP contribution is 2.43. The number of fused-ring (bicyclic) bond motifs is 3. The molecule has 9 rings (SSSR count). The molecule has 0 radical (unpaired) electrons. The molecule has 0 unspecified atom stereocenters. The van der Waals surface area contributed by atoms with E-state index in [2.05, 4.69) is 146 Å². The van der Waals surface area contributed by atoms with Gasteiger partial charge < -0.3 is 0 Å². The standard InChI is InChI=1S/C45H29N3S/c1-5-15-30(16-6-1)34-25-35(31-17-7-2-8-18-31)27-36(26-34)44-46-43(33-21-11-4-12-22-33)47-45(48-44)37-28-39(32-19-9-3-10-20-32)42-38-23-13-14-24-40(38)49-41(42)29-37/h1-29H. The molecule has 0 aliphatic carbocycles. The summed E-state index contributed by atoms with van der Waals surface area (Å²) in [4.78, 5) is 15.5. The summed E-state index contributed by atoms with van der Waals surface area (Å²) in [5.41, 5.74) is 9.68. The molecule has 4 heteroatoms. The minimum absolute atomic E-state index is 0.636. The number of hydrogen-bond acceptors (Lipinski definition) is 4. The molecule has 0 atom stereocenters. The molecule has 0 spiro atoms. The van der Waals surface area contributed by atoms with Gasteiger partial charge in [0.05, 0.1) is 0 Å². The van der Waals surface area contributed by atoms with Crippen LogP contribution in [-0.4, -0.2) is 15.0 Å². The van der Waals surface area contributed by atoms with Gasteiger partial charge in [-0.2, -0.15) is 0 Å². The molecular formula is C45H29N3S. The third kappa shape index (κ3) is 5.58. The minimum atomic E-state index is 0.636. The summed E-state index contributed by atoms with van der Waals surface area (Å²) >= 11 is 1.81. The predicted molar refractivity (Wildman–Crippen MR) is 205 cm³/mol. The molecule has 0 bridgehead atoms. The van der Waals surface area contributed by atoms with Crippen molar-refractivity contribution in [1.82, 2.24) is 15.0 Å². The average molecular weight is 644 g/mol. The lowest BCUT2D eigenvalue weighted by Gasteiger charge is -2.13. The Bertz CT molecular complexity index is 2520. The molecule has 2 aromatic heterocycles. The highest BCUT2D eigenvalue weighted by Gasteiger charge is 2.18. The second-order valence-corrected chi connectivity index (χ2v) is 13.1. The Morgan fingerprint density at radius 3 is 1.31 bits per heavy atom. The maximum absolute atomic E-state index is 5.25. The van der Waals surface area contributed by atoms with Crippen LogP contribution in [0.15, 0.2) is 176 Å². The first-order valence-electron chi connectivity index (χ1n) is 16.4. The van der Waals surface area contributed by atoms with Crippen molar-refractivity contribution in [1.29, 1.82) is 0 Å². The lowest BCUT2D eigenvalue weighted by Crippen LogP contribution is -2.01. The van der Waals surface area contributed by atoms with Gasteiger partial charge in [-0.3, -0.25) is 0 Å². The Morgan fingerprint density at radius 1 is 0.306 bits per heavy atom. The van der Waals surface area contributed by atoms with Crippen LogP contribution in [-0.2, 0) is 0 Å². The van der Waals surface area contributed by atoms with Gasteiger partial charge in [0.1, 0.15) is 0 Å². The highest BCUT2D eigenvalue weighted by atomic mass is 32.1. The van der Waals surface area contributed by atoms with Crippen LogP contribution in [0.5, 0.6) is 0 Å². The molecule has 49 heavy (non-hydrogen) atoms. The normalized spacial score (nSPS) is 11.3. The van der Waals surface area contributed by atoms with Crippen molar-refractivity contribution in [3.8, 4) is 67.5 Å². The Balaban J connectivity index is 1.30. The Morgan fingerprint density at radius 2 is 0.735 bits per heavy atom. The van der Waals surface area contributed by atoms with Crippen LogP contribution in [0.1, 0.15) is 0 Å². The SMILES string of the molecule is c1ccc(-c2cc(-c3ccccc3)cc(-c3nc(-c4ccccc4)nc(-c4cc(-c5ccccc5)c5c(c4)sc4ccccc45)n3)c2)cc1. The van der Waals surface area contributed by atoms with Crippen molar-refractivity contribution in [3.63, 3.8) is 0 Å². The third-order valence-electron chi connectivity index (χ3n) is 8.89. The van der Waals surface area contributed by atoms with Crippen molar-refractivity contribution in [2.45, 2.75) is 0 Å². The van der Waals surface area contributed by atoms with Crippen molar-refractivity contribution in [2.24, 2.45) is 0 Å². The van der Waals surface area contributed by atoms with Crippen LogP contribution >= 0.6 is 11.3 Å². The topological polar surface area (TPSA) is 38.7 Å². The molecule has 7 aromatic carbocycles. The van der Waals surface area contributed by atoms with Crippen LogP contribution in [0.25, 0.3) is 87.7 Å². The fraction of sp³-hybridized carbons (Fsp3) is 0. The molecule has 9 aromatic rings. The molecule has 0 saturated carbocycles. The summed E-state index contributed by atoms with van der Waals surface area (Å²) in [6.45, 7) is 0. The van der Waals surface area contributed by atoms with Crippen molar-refractivity contribution in [3.05, 3.63) is 176 Å². The van der Waals surface area contributed by atoms with E-state index in [-0.39, 0.29) is 0 Å². The van der Waals surface area contributed by atoms with E-state index in [9.17, 15) is 0 Å². The molecule has 0 amide bonds. The fourth-order valence-corrected chi connectivity index (χ4v) is 7.70. The number of rotatable bonds is 6. The zero-order chi connectivity index (χ0) is 32.6. The summed E-state index contributed by atoms with van der Waals surface area (Å²) < 4.78 is 2.47. The van der Waals surface area contributed by atoms with Crippen LogP contribution in [0.2, 0.25) is 0 Å². The Kier molecular flexibility index (Phi) is 7.34. The van der Waals surface area contributed by atoms with Crippen molar-refractivity contribution < 1.29 is 0 Å². The van der Waals surface area contributed by atoms with E-state index >= 15 is 0 Å². The smallest absolute Gasteiger partial charge is 0.164 e. The third-order valence-corrected chi connectivity index (χ3v) is 10.0. The Hall–Kier alpha value is -6.23. The molecule has 0 saturated heterocycles. The fourth-order valence-electron chi connectivity index (χ4n) is 6.53. The second-order valence-electron chi connectivity index (χ2n) is 12.1. The quantitative estimate of drug-likeness (QED) is 0.181. The van der Waals surface area contributed by atoms with Gasteiger partial charge in [0, 0.05) is 36.9 Å². The second kappa shape index (κ2) is 12.4. The highest BCUT2D eigenvalue weighted by molar-refractivity contribution is 7.26. The summed E-state index contributed by atoms with van der Waals surface area (Å²) in [6.07, 6.45) is 0. The monoisotopic (exact) mass is 643 g/mol.